The van der Waals surface area contributed by atoms with Crippen LogP contribution in [-0.4, -0.2) is 53.5 Å². The zero-order valence-corrected chi connectivity index (χ0v) is 22.2. The van der Waals surface area contributed by atoms with Crippen LogP contribution in [0.2, 0.25) is 0 Å². The number of nitrogens with one attached hydrogen (secondary N) is 1. The van der Waals surface area contributed by atoms with Crippen molar-refractivity contribution in [2.75, 3.05) is 25.2 Å². The molecule has 1 aliphatic heterocycles. The molecule has 1 N–H and O–H groups in total. The zero-order chi connectivity index (χ0) is 27.0. The van der Waals surface area contributed by atoms with Crippen LogP contribution in [0.15, 0.2) is 48.9 Å². The van der Waals surface area contributed by atoms with Crippen LogP contribution in [-0.2, 0) is 13.0 Å². The maximum absolute atomic E-state index is 12.9. The highest BCUT2D eigenvalue weighted by Gasteiger charge is 2.31. The van der Waals surface area contributed by atoms with Crippen LogP contribution in [0.4, 0.5) is 19.0 Å². The Kier molecular flexibility index (Phi) is 7.03. The number of anilines is 1. The monoisotopic (exact) mass is 555 g/mol. The first-order chi connectivity index (χ1) is 18.8. The molecule has 11 heteroatoms. The Morgan fingerprint density at radius 3 is 2.67 bits per heavy atom. The number of hydrogen-bond donors (Lipinski definition) is 1. The Hall–Kier alpha value is -3.44. The molecule has 1 aliphatic carbocycles. The molecule has 4 heterocycles. The predicted octanol–water partition coefficient (Wildman–Crippen LogP) is 5.78. The maximum atomic E-state index is 12.9. The van der Waals surface area contributed by atoms with Gasteiger partial charge in [0.15, 0.2) is 5.75 Å². The molecule has 0 bridgehead atoms. The number of rotatable bonds is 7. The molecule has 204 valence electrons. The van der Waals surface area contributed by atoms with E-state index in [2.05, 4.69) is 49.4 Å². The molecular weight excluding hydrogens is 527 g/mol. The molecule has 1 fully saturated rings. The summed E-state index contributed by atoms with van der Waals surface area (Å²) >= 11 is 1.08. The molecule has 0 radical (unpaired) electrons. The first-order valence-electron chi connectivity index (χ1n) is 12.9. The van der Waals surface area contributed by atoms with E-state index in [-0.39, 0.29) is 10.9 Å². The lowest BCUT2D eigenvalue weighted by Gasteiger charge is -2.26. The molecule has 2 aliphatic rings. The van der Waals surface area contributed by atoms with E-state index >= 15 is 0 Å². The first kappa shape index (κ1) is 25.8. The van der Waals surface area contributed by atoms with Crippen LogP contribution >= 0.6 is 11.3 Å². The lowest BCUT2D eigenvalue weighted by Crippen LogP contribution is -2.33. The Morgan fingerprint density at radius 1 is 1.03 bits per heavy atom. The molecule has 0 saturated heterocycles. The minimum atomic E-state index is -4.24. The SMILES string of the molecule is CN(c1ncnc2sc(CC(F)(F)F)cc12)[C@@H]1CC[C@H](NCc2ccc(-c3cnc4c(c3)OCCO4)cc2)C1. The van der Waals surface area contributed by atoms with Crippen molar-refractivity contribution in [1.82, 2.24) is 20.3 Å². The summed E-state index contributed by atoms with van der Waals surface area (Å²) in [6.45, 7) is 1.80. The summed E-state index contributed by atoms with van der Waals surface area (Å²) < 4.78 is 49.9. The van der Waals surface area contributed by atoms with Gasteiger partial charge in [0.05, 0.1) is 11.8 Å². The Labute approximate surface area is 228 Å². The summed E-state index contributed by atoms with van der Waals surface area (Å²) in [5.74, 6) is 1.91. The molecule has 0 amide bonds. The minimum Gasteiger partial charge on any atom is -0.484 e. The average Bonchev–Trinajstić information content (AvgIpc) is 3.57. The second-order valence-electron chi connectivity index (χ2n) is 10.00. The Morgan fingerprint density at radius 2 is 1.85 bits per heavy atom. The predicted molar refractivity (Wildman–Crippen MR) is 145 cm³/mol. The number of fused-ring (bicyclic) bond motifs is 2. The van der Waals surface area contributed by atoms with Gasteiger partial charge in [0.2, 0.25) is 0 Å². The summed E-state index contributed by atoms with van der Waals surface area (Å²) in [6.07, 6.45) is 0.992. The lowest BCUT2D eigenvalue weighted by molar-refractivity contribution is -0.126. The Bertz CT molecular complexity index is 1460. The molecule has 7 nitrogen and oxygen atoms in total. The van der Waals surface area contributed by atoms with Gasteiger partial charge in [-0.05, 0) is 42.5 Å². The standard InChI is InChI=1S/C28H28F3N5O2S/c1-36(25-23-12-22(13-28(29,30)31)39-27(23)35-16-34-25)21-7-6-20(11-21)32-14-17-2-4-18(5-3-17)19-10-24-26(33-15-19)38-9-8-37-24/h2-5,10,12,15-16,20-21,32H,6-9,11,13-14H2,1H3/t20-,21+/m0/s1. The molecule has 0 unspecified atom stereocenters. The van der Waals surface area contributed by atoms with E-state index in [0.29, 0.717) is 46.9 Å². The zero-order valence-electron chi connectivity index (χ0n) is 21.4. The van der Waals surface area contributed by atoms with E-state index in [0.717, 1.165) is 48.3 Å². The van der Waals surface area contributed by atoms with Crippen molar-refractivity contribution < 1.29 is 22.6 Å². The van der Waals surface area contributed by atoms with Crippen LogP contribution < -0.4 is 19.7 Å². The van der Waals surface area contributed by atoms with Gasteiger partial charge in [-0.2, -0.15) is 13.2 Å². The average molecular weight is 556 g/mol. The van der Waals surface area contributed by atoms with Crippen molar-refractivity contribution in [2.45, 2.75) is 50.5 Å². The van der Waals surface area contributed by atoms with Crippen molar-refractivity contribution in [1.29, 1.82) is 0 Å². The van der Waals surface area contributed by atoms with E-state index in [4.69, 9.17) is 9.47 Å². The fourth-order valence-electron chi connectivity index (χ4n) is 5.30. The normalized spacial score (nSPS) is 19.0. The van der Waals surface area contributed by atoms with Crippen molar-refractivity contribution >= 4 is 27.4 Å². The number of benzene rings is 1. The molecule has 4 aromatic rings. The van der Waals surface area contributed by atoms with Crippen LogP contribution in [0.1, 0.15) is 29.7 Å². The van der Waals surface area contributed by atoms with Crippen LogP contribution in [0, 0.1) is 0 Å². The van der Waals surface area contributed by atoms with E-state index in [1.165, 1.54) is 11.9 Å². The van der Waals surface area contributed by atoms with E-state index in [9.17, 15) is 13.2 Å². The van der Waals surface area contributed by atoms with Crippen LogP contribution in [0.25, 0.3) is 21.3 Å². The van der Waals surface area contributed by atoms with Crippen LogP contribution in [0.3, 0.4) is 0 Å². The highest BCUT2D eigenvalue weighted by Crippen LogP contribution is 2.36. The summed E-state index contributed by atoms with van der Waals surface area (Å²) in [7, 11) is 1.97. The molecule has 0 spiro atoms. The van der Waals surface area contributed by atoms with Gasteiger partial charge in [0.25, 0.3) is 5.88 Å². The topological polar surface area (TPSA) is 72.4 Å². The molecule has 6 rings (SSSR count). The van der Waals surface area contributed by atoms with Gasteiger partial charge in [0, 0.05) is 42.3 Å². The lowest BCUT2D eigenvalue weighted by atomic mass is 10.1. The van der Waals surface area contributed by atoms with Gasteiger partial charge < -0.3 is 19.7 Å². The smallest absolute Gasteiger partial charge is 0.393 e. The summed E-state index contributed by atoms with van der Waals surface area (Å²) in [4.78, 5) is 16.0. The third kappa shape index (κ3) is 5.79. The fourth-order valence-corrected chi connectivity index (χ4v) is 6.32. The summed E-state index contributed by atoms with van der Waals surface area (Å²) in [5, 5.41) is 4.36. The highest BCUT2D eigenvalue weighted by molar-refractivity contribution is 7.18. The minimum absolute atomic E-state index is 0.247. The maximum Gasteiger partial charge on any atom is 0.393 e. The number of alkyl halides is 3. The summed E-state index contributed by atoms with van der Waals surface area (Å²) in [6, 6.07) is 12.6. The first-order valence-corrected chi connectivity index (χ1v) is 13.8. The van der Waals surface area contributed by atoms with E-state index in [1.54, 1.807) is 12.3 Å². The van der Waals surface area contributed by atoms with Crippen molar-refractivity contribution in [3.63, 3.8) is 0 Å². The summed E-state index contributed by atoms with van der Waals surface area (Å²) in [5.41, 5.74) is 3.23. The van der Waals surface area contributed by atoms with Gasteiger partial charge in [-0.25, -0.2) is 15.0 Å². The van der Waals surface area contributed by atoms with Gasteiger partial charge >= 0.3 is 6.18 Å². The Balaban J connectivity index is 1.06. The van der Waals surface area contributed by atoms with Gasteiger partial charge in [-0.1, -0.05) is 24.3 Å². The second kappa shape index (κ2) is 10.6. The van der Waals surface area contributed by atoms with E-state index < -0.39 is 12.6 Å². The largest absolute Gasteiger partial charge is 0.484 e. The van der Waals surface area contributed by atoms with Gasteiger partial charge in [0.1, 0.15) is 30.2 Å². The third-order valence-electron chi connectivity index (χ3n) is 7.30. The number of nitrogens with zero attached hydrogens (tertiary/aromatic N) is 4. The molecule has 1 saturated carbocycles. The highest BCUT2D eigenvalue weighted by atomic mass is 32.1. The number of ether oxygens (including phenoxy) is 2. The van der Waals surface area contributed by atoms with Crippen molar-refractivity contribution in [2.24, 2.45) is 0 Å². The van der Waals surface area contributed by atoms with Crippen molar-refractivity contribution in [3.05, 3.63) is 59.4 Å². The number of halogens is 3. The molecular formula is C28H28F3N5O2S. The second-order valence-corrected chi connectivity index (χ2v) is 11.1. The van der Waals surface area contributed by atoms with Gasteiger partial charge in [-0.3, -0.25) is 0 Å². The third-order valence-corrected chi connectivity index (χ3v) is 8.34. The molecule has 2 atom stereocenters. The van der Waals surface area contributed by atoms with Crippen LogP contribution in [0.5, 0.6) is 11.6 Å². The number of aromatic nitrogens is 3. The van der Waals surface area contributed by atoms with Gasteiger partial charge in [-0.15, -0.1) is 11.3 Å². The quantitative estimate of drug-likeness (QED) is 0.310. The number of thiophene rings is 1. The molecule has 39 heavy (non-hydrogen) atoms. The molecule has 3 aromatic heterocycles. The number of hydrogen-bond acceptors (Lipinski definition) is 8. The molecule has 1 aromatic carbocycles. The number of pyridine rings is 1. The fraction of sp³-hybridized carbons (Fsp3) is 0.393. The van der Waals surface area contributed by atoms with Crippen molar-refractivity contribution in [3.8, 4) is 22.8 Å². The van der Waals surface area contributed by atoms with E-state index in [1.807, 2.05) is 13.1 Å².